The summed E-state index contributed by atoms with van der Waals surface area (Å²) in [5.74, 6) is 1.48. The molecule has 0 unspecified atom stereocenters. The molecule has 0 aliphatic carbocycles. The van der Waals surface area contributed by atoms with Crippen LogP contribution in [0.2, 0.25) is 0 Å². The Morgan fingerprint density at radius 3 is 2.78 bits per heavy atom. The summed E-state index contributed by atoms with van der Waals surface area (Å²) in [6.45, 7) is 2.73. The van der Waals surface area contributed by atoms with Crippen LogP contribution in [0.5, 0.6) is 0 Å². The van der Waals surface area contributed by atoms with Gasteiger partial charge in [-0.25, -0.2) is 4.98 Å². The second kappa shape index (κ2) is 8.58. The van der Waals surface area contributed by atoms with Gasteiger partial charge in [0.1, 0.15) is 6.26 Å². The van der Waals surface area contributed by atoms with E-state index in [9.17, 15) is 0 Å². The molecule has 1 fully saturated rings. The predicted octanol–water partition coefficient (Wildman–Crippen LogP) is 3.80. The van der Waals surface area contributed by atoms with Crippen LogP contribution in [0.1, 0.15) is 18.5 Å². The zero-order valence-corrected chi connectivity index (χ0v) is 16.9. The Balaban J connectivity index is 1.25. The smallest absolute Gasteiger partial charge is 0.236 e. The standard InChI is InChI=1S/C19H23N5OS2/c1-20-19(21-12-15-13-25-18(22-15)16-4-2-10-26-16)23-14-6-8-24(9-7-14)17-5-3-11-27-17/h2-5,10-11,13-14H,6-9,12H2,1H3,(H2,20,21,23). The first kappa shape index (κ1) is 18.1. The van der Waals surface area contributed by atoms with Crippen LogP contribution in [-0.4, -0.2) is 37.1 Å². The van der Waals surface area contributed by atoms with Crippen LogP contribution in [0, 0.1) is 0 Å². The number of nitrogens with zero attached hydrogens (tertiary/aromatic N) is 3. The molecular weight excluding hydrogens is 378 g/mol. The van der Waals surface area contributed by atoms with Gasteiger partial charge in [-0.2, -0.15) is 0 Å². The van der Waals surface area contributed by atoms with Gasteiger partial charge in [-0.05, 0) is 41.8 Å². The van der Waals surface area contributed by atoms with E-state index in [1.165, 1.54) is 5.00 Å². The van der Waals surface area contributed by atoms with Gasteiger partial charge in [-0.3, -0.25) is 4.99 Å². The van der Waals surface area contributed by atoms with Crippen LogP contribution in [0.4, 0.5) is 5.00 Å². The number of oxazole rings is 1. The summed E-state index contributed by atoms with van der Waals surface area (Å²) in [6, 6.07) is 8.76. The number of rotatable bonds is 5. The average molecular weight is 402 g/mol. The molecule has 0 aromatic carbocycles. The first-order chi connectivity index (χ1) is 13.3. The maximum atomic E-state index is 5.57. The molecular formula is C19H23N5OS2. The number of piperidine rings is 1. The molecule has 0 atom stereocenters. The Kier molecular flexibility index (Phi) is 5.74. The maximum Gasteiger partial charge on any atom is 0.236 e. The Morgan fingerprint density at radius 1 is 1.26 bits per heavy atom. The lowest BCUT2D eigenvalue weighted by Gasteiger charge is -2.33. The second-order valence-electron chi connectivity index (χ2n) is 6.40. The Bertz CT molecular complexity index is 849. The molecule has 1 saturated heterocycles. The van der Waals surface area contributed by atoms with E-state index >= 15 is 0 Å². The number of anilines is 1. The molecule has 0 saturated carbocycles. The number of aliphatic imine (C=N–C) groups is 1. The Morgan fingerprint density at radius 2 is 2.07 bits per heavy atom. The molecule has 27 heavy (non-hydrogen) atoms. The summed E-state index contributed by atoms with van der Waals surface area (Å²) in [5, 5.41) is 12.4. The fourth-order valence-electron chi connectivity index (χ4n) is 3.16. The zero-order chi connectivity index (χ0) is 18.5. The third-order valence-corrected chi connectivity index (χ3v) is 6.38. The normalized spacial score (nSPS) is 15.9. The van der Waals surface area contributed by atoms with E-state index in [0.717, 1.165) is 42.5 Å². The van der Waals surface area contributed by atoms with E-state index in [0.29, 0.717) is 18.5 Å². The molecule has 3 aromatic heterocycles. The molecule has 3 aromatic rings. The number of hydrogen-bond acceptors (Lipinski definition) is 6. The van der Waals surface area contributed by atoms with Crippen molar-refractivity contribution in [2.75, 3.05) is 25.0 Å². The summed E-state index contributed by atoms with van der Waals surface area (Å²) >= 11 is 3.43. The van der Waals surface area contributed by atoms with Crippen molar-refractivity contribution in [1.29, 1.82) is 0 Å². The SMILES string of the molecule is CN=C(NCc1coc(-c2cccs2)n1)NC1CCN(c2cccs2)CC1. The molecule has 4 heterocycles. The van der Waals surface area contributed by atoms with Gasteiger partial charge in [0.05, 0.1) is 22.1 Å². The number of aromatic nitrogens is 1. The average Bonchev–Trinajstić information content (AvgIpc) is 3.47. The van der Waals surface area contributed by atoms with E-state index in [-0.39, 0.29) is 0 Å². The van der Waals surface area contributed by atoms with Crippen molar-refractivity contribution in [3.63, 3.8) is 0 Å². The van der Waals surface area contributed by atoms with Gasteiger partial charge < -0.3 is 20.0 Å². The minimum absolute atomic E-state index is 0.436. The number of guanidine groups is 1. The van der Waals surface area contributed by atoms with Crippen LogP contribution in [0.3, 0.4) is 0 Å². The molecule has 0 spiro atoms. The van der Waals surface area contributed by atoms with Gasteiger partial charge in [0.2, 0.25) is 5.89 Å². The third-order valence-electron chi connectivity index (χ3n) is 4.60. The monoisotopic (exact) mass is 401 g/mol. The van der Waals surface area contributed by atoms with Crippen LogP contribution in [0.25, 0.3) is 10.8 Å². The molecule has 4 rings (SSSR count). The minimum Gasteiger partial charge on any atom is -0.443 e. The van der Waals surface area contributed by atoms with Crippen molar-refractivity contribution >= 4 is 33.6 Å². The molecule has 142 valence electrons. The number of nitrogens with one attached hydrogen (secondary N) is 2. The predicted molar refractivity (Wildman–Crippen MR) is 113 cm³/mol. The van der Waals surface area contributed by atoms with Crippen molar-refractivity contribution in [3.05, 3.63) is 47.0 Å². The first-order valence-corrected chi connectivity index (χ1v) is 10.8. The van der Waals surface area contributed by atoms with E-state index in [1.807, 2.05) is 28.8 Å². The largest absolute Gasteiger partial charge is 0.443 e. The fraction of sp³-hybridized carbons (Fsp3) is 0.368. The summed E-state index contributed by atoms with van der Waals surface area (Å²) in [6.07, 6.45) is 3.91. The highest BCUT2D eigenvalue weighted by atomic mass is 32.1. The fourth-order valence-corrected chi connectivity index (χ4v) is 4.60. The lowest BCUT2D eigenvalue weighted by molar-refractivity contribution is 0.462. The topological polar surface area (TPSA) is 65.7 Å². The van der Waals surface area contributed by atoms with Crippen molar-refractivity contribution in [1.82, 2.24) is 15.6 Å². The minimum atomic E-state index is 0.436. The Hall–Kier alpha value is -2.32. The molecule has 1 aliphatic heterocycles. The maximum absolute atomic E-state index is 5.57. The quantitative estimate of drug-likeness (QED) is 0.503. The van der Waals surface area contributed by atoms with Crippen molar-refractivity contribution in [2.45, 2.75) is 25.4 Å². The molecule has 6 nitrogen and oxygen atoms in total. The first-order valence-electron chi connectivity index (χ1n) is 9.06. The van der Waals surface area contributed by atoms with Crippen molar-refractivity contribution in [3.8, 4) is 10.8 Å². The van der Waals surface area contributed by atoms with E-state index in [1.54, 1.807) is 24.6 Å². The molecule has 8 heteroatoms. The Labute approximate surface area is 167 Å². The van der Waals surface area contributed by atoms with E-state index in [2.05, 4.69) is 43.0 Å². The highest BCUT2D eigenvalue weighted by Gasteiger charge is 2.20. The van der Waals surface area contributed by atoms with Gasteiger partial charge in [-0.15, -0.1) is 22.7 Å². The van der Waals surface area contributed by atoms with Gasteiger partial charge in [0.15, 0.2) is 5.96 Å². The molecule has 0 radical (unpaired) electrons. The highest BCUT2D eigenvalue weighted by Crippen LogP contribution is 2.25. The van der Waals surface area contributed by atoms with Crippen LogP contribution in [-0.2, 0) is 6.54 Å². The molecule has 0 bridgehead atoms. The highest BCUT2D eigenvalue weighted by molar-refractivity contribution is 7.14. The molecule has 0 amide bonds. The summed E-state index contributed by atoms with van der Waals surface area (Å²) < 4.78 is 5.57. The van der Waals surface area contributed by atoms with Gasteiger partial charge >= 0.3 is 0 Å². The van der Waals surface area contributed by atoms with E-state index < -0.39 is 0 Å². The summed E-state index contributed by atoms with van der Waals surface area (Å²) in [4.78, 5) is 12.4. The second-order valence-corrected chi connectivity index (χ2v) is 8.28. The van der Waals surface area contributed by atoms with Crippen LogP contribution in [0.15, 0.2) is 50.7 Å². The number of thiophene rings is 2. The summed E-state index contributed by atoms with van der Waals surface area (Å²) in [7, 11) is 1.80. The lowest BCUT2D eigenvalue weighted by atomic mass is 10.1. The lowest BCUT2D eigenvalue weighted by Crippen LogP contribution is -2.48. The van der Waals surface area contributed by atoms with Crippen LogP contribution >= 0.6 is 22.7 Å². The third kappa shape index (κ3) is 4.51. The van der Waals surface area contributed by atoms with Gasteiger partial charge in [-0.1, -0.05) is 6.07 Å². The zero-order valence-electron chi connectivity index (χ0n) is 15.2. The van der Waals surface area contributed by atoms with Crippen molar-refractivity contribution in [2.24, 2.45) is 4.99 Å². The molecule has 2 N–H and O–H groups in total. The summed E-state index contributed by atoms with van der Waals surface area (Å²) in [5.41, 5.74) is 0.869. The van der Waals surface area contributed by atoms with E-state index in [4.69, 9.17) is 4.42 Å². The van der Waals surface area contributed by atoms with Gasteiger partial charge in [0, 0.05) is 26.2 Å². The molecule has 1 aliphatic rings. The van der Waals surface area contributed by atoms with Crippen molar-refractivity contribution < 1.29 is 4.42 Å². The van der Waals surface area contributed by atoms with Gasteiger partial charge in [0.25, 0.3) is 0 Å². The van der Waals surface area contributed by atoms with Crippen LogP contribution < -0.4 is 15.5 Å². The number of hydrogen-bond donors (Lipinski definition) is 2.